The molecule has 164 valence electrons. The quantitative estimate of drug-likeness (QED) is 0.216. The van der Waals surface area contributed by atoms with Gasteiger partial charge in [0.05, 0.1) is 0 Å². The van der Waals surface area contributed by atoms with Crippen molar-refractivity contribution in [2.45, 2.75) is 94.1 Å². The van der Waals surface area contributed by atoms with Gasteiger partial charge >= 0.3 is 5.97 Å². The van der Waals surface area contributed by atoms with E-state index in [0.717, 1.165) is 19.3 Å². The number of benzene rings is 2. The maximum atomic E-state index is 10.8. The van der Waals surface area contributed by atoms with Crippen LogP contribution in [-0.4, -0.2) is 11.1 Å². The van der Waals surface area contributed by atoms with Gasteiger partial charge in [0.1, 0.15) is 0 Å². The van der Waals surface area contributed by atoms with E-state index in [1.54, 1.807) is 0 Å². The van der Waals surface area contributed by atoms with Crippen molar-refractivity contribution in [3.05, 3.63) is 65.7 Å². The highest BCUT2D eigenvalue weighted by molar-refractivity contribution is 7.99. The van der Waals surface area contributed by atoms with E-state index in [0.29, 0.717) is 5.25 Å². The fourth-order valence-electron chi connectivity index (χ4n) is 3.75. The van der Waals surface area contributed by atoms with Crippen LogP contribution in [0.2, 0.25) is 0 Å². The number of unbranched alkanes of at least 4 members (excludes halogenated alkanes) is 7. The lowest BCUT2D eigenvalue weighted by molar-refractivity contribution is -0.137. The Morgan fingerprint density at radius 2 is 1.50 bits per heavy atom. The molecular formula is C27H38O2S. The first-order chi connectivity index (χ1) is 14.7. The van der Waals surface area contributed by atoms with Gasteiger partial charge in [0.25, 0.3) is 0 Å². The Hall–Kier alpha value is -1.74. The first kappa shape index (κ1) is 24.5. The Labute approximate surface area is 187 Å². The third-order valence-electron chi connectivity index (χ3n) is 5.55. The van der Waals surface area contributed by atoms with E-state index < -0.39 is 5.97 Å². The van der Waals surface area contributed by atoms with Crippen molar-refractivity contribution in [3.63, 3.8) is 0 Å². The Morgan fingerprint density at radius 3 is 2.17 bits per heavy atom. The Kier molecular flexibility index (Phi) is 12.4. The number of aliphatic carboxylic acids is 1. The molecule has 0 heterocycles. The Bertz CT molecular complexity index is 697. The van der Waals surface area contributed by atoms with E-state index in [4.69, 9.17) is 5.11 Å². The van der Waals surface area contributed by atoms with E-state index in [-0.39, 0.29) is 6.42 Å². The fourth-order valence-corrected chi connectivity index (χ4v) is 4.97. The lowest BCUT2D eigenvalue weighted by Gasteiger charge is -2.18. The van der Waals surface area contributed by atoms with Crippen LogP contribution in [0.5, 0.6) is 0 Å². The van der Waals surface area contributed by atoms with Crippen LogP contribution >= 0.6 is 11.8 Å². The van der Waals surface area contributed by atoms with E-state index >= 15 is 0 Å². The van der Waals surface area contributed by atoms with E-state index in [1.165, 1.54) is 67.4 Å². The second-order valence-corrected chi connectivity index (χ2v) is 9.45. The molecule has 0 bridgehead atoms. The van der Waals surface area contributed by atoms with Crippen LogP contribution in [0.25, 0.3) is 0 Å². The molecule has 0 spiro atoms. The number of carboxylic acid groups (broad SMARTS) is 1. The van der Waals surface area contributed by atoms with Crippen LogP contribution in [-0.2, 0) is 11.2 Å². The van der Waals surface area contributed by atoms with Gasteiger partial charge in [0.15, 0.2) is 0 Å². The monoisotopic (exact) mass is 426 g/mol. The van der Waals surface area contributed by atoms with Crippen molar-refractivity contribution in [2.24, 2.45) is 0 Å². The summed E-state index contributed by atoms with van der Waals surface area (Å²) in [6.07, 6.45) is 13.6. The van der Waals surface area contributed by atoms with Crippen molar-refractivity contribution in [2.75, 3.05) is 0 Å². The first-order valence-corrected chi connectivity index (χ1v) is 12.6. The largest absolute Gasteiger partial charge is 0.481 e. The topological polar surface area (TPSA) is 37.3 Å². The summed E-state index contributed by atoms with van der Waals surface area (Å²) in [6, 6.07) is 19.7. The normalized spacial score (nSPS) is 12.0. The lowest BCUT2D eigenvalue weighted by atomic mass is 10.0. The summed E-state index contributed by atoms with van der Waals surface area (Å²) in [4.78, 5) is 12.1. The predicted molar refractivity (Wildman–Crippen MR) is 129 cm³/mol. The molecule has 0 fully saturated rings. The molecule has 0 aliphatic heterocycles. The maximum Gasteiger partial charge on any atom is 0.303 e. The molecule has 1 atom stereocenters. The molecule has 0 saturated heterocycles. The molecule has 0 saturated carbocycles. The van der Waals surface area contributed by atoms with Gasteiger partial charge in [-0.25, -0.2) is 0 Å². The summed E-state index contributed by atoms with van der Waals surface area (Å²) in [7, 11) is 0. The summed E-state index contributed by atoms with van der Waals surface area (Å²) in [5.41, 5.74) is 2.78. The summed E-state index contributed by atoms with van der Waals surface area (Å²) in [5.74, 6) is -0.697. The van der Waals surface area contributed by atoms with Gasteiger partial charge in [-0.3, -0.25) is 4.79 Å². The van der Waals surface area contributed by atoms with Crippen LogP contribution in [0.1, 0.15) is 93.9 Å². The first-order valence-electron chi connectivity index (χ1n) is 11.7. The number of hydrogen-bond donors (Lipinski definition) is 1. The molecule has 0 amide bonds. The highest BCUT2D eigenvalue weighted by atomic mass is 32.2. The smallest absolute Gasteiger partial charge is 0.303 e. The minimum Gasteiger partial charge on any atom is -0.481 e. The second-order valence-electron chi connectivity index (χ2n) is 8.17. The number of rotatable bonds is 16. The molecule has 0 aromatic heterocycles. The van der Waals surface area contributed by atoms with E-state index in [9.17, 15) is 4.79 Å². The SMILES string of the molecule is CCCCCCCCCc1ccc(C(CCCCC(=O)O)Sc2ccccc2)cc1. The third-order valence-corrected chi connectivity index (χ3v) is 6.89. The molecule has 2 nitrogen and oxygen atoms in total. The predicted octanol–water partition coefficient (Wildman–Crippen LogP) is 8.46. The summed E-state index contributed by atoms with van der Waals surface area (Å²) in [6.45, 7) is 2.27. The highest BCUT2D eigenvalue weighted by Gasteiger charge is 2.14. The third kappa shape index (κ3) is 10.3. The zero-order valence-electron chi connectivity index (χ0n) is 18.5. The summed E-state index contributed by atoms with van der Waals surface area (Å²) < 4.78 is 0. The molecule has 1 unspecified atom stereocenters. The standard InChI is InChI=1S/C27H38O2S/c1-2-3-4-5-6-7-9-14-23-19-21-24(22-20-23)26(17-12-13-18-27(28)29)30-25-15-10-8-11-16-25/h8,10-11,15-16,19-22,26H,2-7,9,12-14,17-18H2,1H3,(H,28,29). The van der Waals surface area contributed by atoms with Crippen molar-refractivity contribution in [1.82, 2.24) is 0 Å². The van der Waals surface area contributed by atoms with Gasteiger partial charge in [-0.2, -0.15) is 0 Å². The summed E-state index contributed by atoms with van der Waals surface area (Å²) >= 11 is 1.89. The Balaban J connectivity index is 1.85. The van der Waals surface area contributed by atoms with Crippen LogP contribution in [0.4, 0.5) is 0 Å². The molecule has 0 aliphatic carbocycles. The van der Waals surface area contributed by atoms with E-state index in [2.05, 4.69) is 55.5 Å². The molecule has 0 radical (unpaired) electrons. The van der Waals surface area contributed by atoms with Crippen molar-refractivity contribution < 1.29 is 9.90 Å². The molecule has 2 aromatic carbocycles. The Morgan fingerprint density at radius 1 is 0.833 bits per heavy atom. The average molecular weight is 427 g/mol. The van der Waals surface area contributed by atoms with Gasteiger partial charge in [0, 0.05) is 16.6 Å². The van der Waals surface area contributed by atoms with Crippen molar-refractivity contribution >= 4 is 17.7 Å². The number of carbonyl (C=O) groups is 1. The molecule has 1 N–H and O–H groups in total. The minimum absolute atomic E-state index is 0.264. The fraction of sp³-hybridized carbons (Fsp3) is 0.519. The average Bonchev–Trinajstić information content (AvgIpc) is 2.76. The lowest BCUT2D eigenvalue weighted by Crippen LogP contribution is -1.98. The molecule has 0 aliphatic rings. The molecular weight excluding hydrogens is 388 g/mol. The minimum atomic E-state index is -0.697. The molecule has 3 heteroatoms. The zero-order chi connectivity index (χ0) is 21.4. The van der Waals surface area contributed by atoms with Crippen molar-refractivity contribution in [3.8, 4) is 0 Å². The van der Waals surface area contributed by atoms with Crippen LogP contribution in [0, 0.1) is 0 Å². The zero-order valence-corrected chi connectivity index (χ0v) is 19.3. The van der Waals surface area contributed by atoms with Crippen LogP contribution < -0.4 is 0 Å². The number of hydrogen-bond acceptors (Lipinski definition) is 2. The summed E-state index contributed by atoms with van der Waals surface area (Å²) in [5, 5.41) is 9.27. The van der Waals surface area contributed by atoms with Gasteiger partial charge < -0.3 is 5.11 Å². The van der Waals surface area contributed by atoms with E-state index in [1.807, 2.05) is 17.8 Å². The van der Waals surface area contributed by atoms with Gasteiger partial charge in [0.2, 0.25) is 0 Å². The maximum absolute atomic E-state index is 10.8. The van der Waals surface area contributed by atoms with Gasteiger partial charge in [-0.15, -0.1) is 11.8 Å². The number of carboxylic acids is 1. The number of aryl methyl sites for hydroxylation is 1. The number of thioether (sulfide) groups is 1. The van der Waals surface area contributed by atoms with Crippen LogP contribution in [0.3, 0.4) is 0 Å². The highest BCUT2D eigenvalue weighted by Crippen LogP contribution is 2.39. The molecule has 2 aromatic rings. The molecule has 2 rings (SSSR count). The van der Waals surface area contributed by atoms with Gasteiger partial charge in [-0.05, 0) is 48.9 Å². The molecule has 30 heavy (non-hydrogen) atoms. The van der Waals surface area contributed by atoms with Gasteiger partial charge in [-0.1, -0.05) is 94.3 Å². The van der Waals surface area contributed by atoms with Crippen LogP contribution in [0.15, 0.2) is 59.5 Å². The second kappa shape index (κ2) is 15.1. The van der Waals surface area contributed by atoms with Crippen molar-refractivity contribution in [1.29, 1.82) is 0 Å².